The van der Waals surface area contributed by atoms with Gasteiger partial charge < -0.3 is 20.3 Å². The zero-order chi connectivity index (χ0) is 19.8. The second-order valence-electron chi connectivity index (χ2n) is 7.54. The fraction of sp³-hybridized carbons (Fsp3) is 0.619. The second kappa shape index (κ2) is 10.5. The fourth-order valence-electron chi connectivity index (χ4n) is 3.90. The van der Waals surface area contributed by atoms with E-state index < -0.39 is 0 Å². The van der Waals surface area contributed by atoms with Gasteiger partial charge in [-0.1, -0.05) is 30.3 Å². The van der Waals surface area contributed by atoms with E-state index in [1.54, 1.807) is 0 Å². The molecular weight excluding hydrogens is 356 g/mol. The van der Waals surface area contributed by atoms with Crippen molar-refractivity contribution in [3.63, 3.8) is 0 Å². The van der Waals surface area contributed by atoms with E-state index >= 15 is 0 Å². The van der Waals surface area contributed by atoms with E-state index in [-0.39, 0.29) is 17.7 Å². The Labute approximate surface area is 167 Å². The largest absolute Gasteiger partial charge is 0.379 e. The number of likely N-dealkylation sites (tertiary alicyclic amines) is 1. The molecule has 1 aromatic rings. The van der Waals surface area contributed by atoms with Crippen LogP contribution in [-0.4, -0.2) is 92.1 Å². The van der Waals surface area contributed by atoms with Crippen LogP contribution in [0.25, 0.3) is 0 Å². The minimum Gasteiger partial charge on any atom is -0.379 e. The van der Waals surface area contributed by atoms with Crippen molar-refractivity contribution >= 4 is 11.8 Å². The maximum atomic E-state index is 13.0. The first kappa shape index (κ1) is 20.8. The second-order valence-corrected chi connectivity index (χ2v) is 7.54. The molecule has 0 spiro atoms. The number of morpholine rings is 1. The highest BCUT2D eigenvalue weighted by Gasteiger charge is 2.36. The van der Waals surface area contributed by atoms with Gasteiger partial charge >= 0.3 is 0 Å². The van der Waals surface area contributed by atoms with Crippen molar-refractivity contribution in [2.24, 2.45) is 11.7 Å². The lowest BCUT2D eigenvalue weighted by Gasteiger charge is -2.29. The van der Waals surface area contributed by atoms with Gasteiger partial charge in [-0.05, 0) is 12.0 Å². The summed E-state index contributed by atoms with van der Waals surface area (Å²) in [5.41, 5.74) is 6.93. The highest BCUT2D eigenvalue weighted by Crippen LogP contribution is 2.20. The Kier molecular flexibility index (Phi) is 7.82. The van der Waals surface area contributed by atoms with Crippen LogP contribution in [0.2, 0.25) is 0 Å². The van der Waals surface area contributed by atoms with Gasteiger partial charge in [0.1, 0.15) is 0 Å². The van der Waals surface area contributed by atoms with Crippen LogP contribution in [0, 0.1) is 5.92 Å². The van der Waals surface area contributed by atoms with Crippen molar-refractivity contribution in [3.05, 3.63) is 35.9 Å². The number of nitrogens with zero attached hydrogens (tertiary/aromatic N) is 3. The Morgan fingerprint density at radius 3 is 2.61 bits per heavy atom. The summed E-state index contributed by atoms with van der Waals surface area (Å²) in [6, 6.07) is 10.1. The van der Waals surface area contributed by atoms with E-state index in [1.807, 2.05) is 28.0 Å². The molecule has 7 nitrogen and oxygen atoms in total. The molecule has 1 unspecified atom stereocenters. The Morgan fingerprint density at radius 2 is 1.89 bits per heavy atom. The molecule has 3 rings (SSSR count). The minimum atomic E-state index is -0.250. The fourth-order valence-corrected chi connectivity index (χ4v) is 3.90. The summed E-state index contributed by atoms with van der Waals surface area (Å²) in [6.45, 7) is 6.98. The summed E-state index contributed by atoms with van der Waals surface area (Å²) in [5, 5.41) is 0. The first-order valence-corrected chi connectivity index (χ1v) is 10.3. The van der Waals surface area contributed by atoms with Crippen LogP contribution in [0.15, 0.2) is 30.3 Å². The maximum absolute atomic E-state index is 13.0. The molecule has 0 aromatic heterocycles. The zero-order valence-corrected chi connectivity index (χ0v) is 16.6. The first-order chi connectivity index (χ1) is 13.7. The molecule has 154 valence electrons. The van der Waals surface area contributed by atoms with Crippen LogP contribution >= 0.6 is 0 Å². The molecule has 1 atom stereocenters. The van der Waals surface area contributed by atoms with Crippen molar-refractivity contribution < 1.29 is 14.3 Å². The van der Waals surface area contributed by atoms with Gasteiger partial charge in [0, 0.05) is 58.8 Å². The lowest BCUT2D eigenvalue weighted by molar-refractivity contribution is -0.135. The predicted octanol–water partition coefficient (Wildman–Crippen LogP) is 0.197. The van der Waals surface area contributed by atoms with Crippen LogP contribution in [0.3, 0.4) is 0 Å². The van der Waals surface area contributed by atoms with Gasteiger partial charge in [-0.15, -0.1) is 0 Å². The summed E-state index contributed by atoms with van der Waals surface area (Å²) >= 11 is 0. The topological polar surface area (TPSA) is 79.1 Å². The quantitative estimate of drug-likeness (QED) is 0.654. The van der Waals surface area contributed by atoms with Crippen LogP contribution in [0.5, 0.6) is 0 Å². The zero-order valence-electron chi connectivity index (χ0n) is 16.6. The SMILES string of the molecule is NCCN(CCc1ccccc1)C(=O)C1CC(=O)N(CCN2CCOCC2)C1. The van der Waals surface area contributed by atoms with E-state index in [2.05, 4.69) is 17.0 Å². The molecule has 2 fully saturated rings. The summed E-state index contributed by atoms with van der Waals surface area (Å²) in [6.07, 6.45) is 1.11. The lowest BCUT2D eigenvalue weighted by Crippen LogP contribution is -2.43. The summed E-state index contributed by atoms with van der Waals surface area (Å²) in [7, 11) is 0. The standard InChI is InChI=1S/C21H32N4O3/c22-7-9-24(8-6-18-4-2-1-3-5-18)21(27)19-16-20(26)25(17-19)11-10-23-12-14-28-15-13-23/h1-5,19H,6-17,22H2. The Morgan fingerprint density at radius 1 is 1.14 bits per heavy atom. The number of ether oxygens (including phenoxy) is 1. The number of carbonyl (C=O) groups is 2. The monoisotopic (exact) mass is 388 g/mol. The molecule has 0 radical (unpaired) electrons. The molecule has 2 amide bonds. The molecule has 2 heterocycles. The van der Waals surface area contributed by atoms with E-state index in [9.17, 15) is 9.59 Å². The lowest BCUT2D eigenvalue weighted by atomic mass is 10.1. The van der Waals surface area contributed by atoms with Gasteiger partial charge in [-0.3, -0.25) is 14.5 Å². The average Bonchev–Trinajstić information content (AvgIpc) is 3.11. The van der Waals surface area contributed by atoms with E-state index in [0.717, 1.165) is 39.3 Å². The number of carbonyl (C=O) groups excluding carboxylic acids is 2. The number of hydrogen-bond donors (Lipinski definition) is 1. The number of hydrogen-bond acceptors (Lipinski definition) is 5. The molecule has 7 heteroatoms. The third kappa shape index (κ3) is 5.77. The summed E-state index contributed by atoms with van der Waals surface area (Å²) < 4.78 is 5.36. The highest BCUT2D eigenvalue weighted by molar-refractivity contribution is 5.89. The van der Waals surface area contributed by atoms with E-state index in [0.29, 0.717) is 39.1 Å². The molecule has 0 aliphatic carbocycles. The smallest absolute Gasteiger partial charge is 0.228 e. The van der Waals surface area contributed by atoms with Crippen molar-refractivity contribution in [2.75, 3.05) is 65.6 Å². The molecule has 2 aliphatic heterocycles. The molecule has 2 aliphatic rings. The van der Waals surface area contributed by atoms with Gasteiger partial charge in [-0.25, -0.2) is 0 Å². The normalized spacial score (nSPS) is 20.5. The van der Waals surface area contributed by atoms with Crippen molar-refractivity contribution in [2.45, 2.75) is 12.8 Å². The van der Waals surface area contributed by atoms with Gasteiger partial charge in [0.25, 0.3) is 0 Å². The number of benzene rings is 1. The third-order valence-corrected chi connectivity index (χ3v) is 5.58. The highest BCUT2D eigenvalue weighted by atomic mass is 16.5. The molecule has 1 aromatic carbocycles. The molecular formula is C21H32N4O3. The molecule has 0 saturated carbocycles. The van der Waals surface area contributed by atoms with Crippen LogP contribution in [0.1, 0.15) is 12.0 Å². The Hall–Kier alpha value is -1.96. The van der Waals surface area contributed by atoms with Crippen molar-refractivity contribution in [1.29, 1.82) is 0 Å². The molecule has 28 heavy (non-hydrogen) atoms. The summed E-state index contributed by atoms with van der Waals surface area (Å²) in [5.74, 6) is -0.106. The Bertz CT molecular complexity index is 634. The molecule has 0 bridgehead atoms. The summed E-state index contributed by atoms with van der Waals surface area (Å²) in [4.78, 5) is 31.4. The van der Waals surface area contributed by atoms with Crippen LogP contribution in [-0.2, 0) is 20.7 Å². The molecule has 2 saturated heterocycles. The number of amides is 2. The van der Waals surface area contributed by atoms with Crippen LogP contribution in [0.4, 0.5) is 0 Å². The van der Waals surface area contributed by atoms with Gasteiger partial charge in [-0.2, -0.15) is 0 Å². The van der Waals surface area contributed by atoms with Crippen molar-refractivity contribution in [1.82, 2.24) is 14.7 Å². The predicted molar refractivity (Wildman–Crippen MR) is 108 cm³/mol. The Balaban J connectivity index is 1.50. The third-order valence-electron chi connectivity index (χ3n) is 5.58. The average molecular weight is 389 g/mol. The van der Waals surface area contributed by atoms with Crippen molar-refractivity contribution in [3.8, 4) is 0 Å². The van der Waals surface area contributed by atoms with E-state index in [1.165, 1.54) is 5.56 Å². The van der Waals surface area contributed by atoms with Crippen LogP contribution < -0.4 is 5.73 Å². The maximum Gasteiger partial charge on any atom is 0.228 e. The number of rotatable bonds is 9. The number of nitrogens with two attached hydrogens (primary N) is 1. The van der Waals surface area contributed by atoms with E-state index in [4.69, 9.17) is 10.5 Å². The molecule has 2 N–H and O–H groups in total. The first-order valence-electron chi connectivity index (χ1n) is 10.3. The van der Waals surface area contributed by atoms with Gasteiger partial charge in [0.15, 0.2) is 0 Å². The minimum absolute atomic E-state index is 0.0589. The van der Waals surface area contributed by atoms with Gasteiger partial charge in [0.2, 0.25) is 11.8 Å². The van der Waals surface area contributed by atoms with Gasteiger partial charge in [0.05, 0.1) is 19.1 Å².